The number of rotatable bonds is 17. The average Bonchev–Trinajstić information content (AvgIpc) is 2.82. The molecule has 35 heavy (non-hydrogen) atoms. The average molecular weight is 495 g/mol. The van der Waals surface area contributed by atoms with Crippen LogP contribution < -0.4 is 33.2 Å². The van der Waals surface area contributed by atoms with E-state index in [-0.39, 0.29) is 18.6 Å². The summed E-state index contributed by atoms with van der Waals surface area (Å²) < 4.78 is 0. The number of aliphatic carboxylic acids is 1. The molecule has 0 fully saturated rings. The molecule has 0 heterocycles. The van der Waals surface area contributed by atoms with Gasteiger partial charge in [0.25, 0.3) is 0 Å². The molecule has 11 N–H and O–H groups in total. The molecule has 196 valence electrons. The predicted molar refractivity (Wildman–Crippen MR) is 130 cm³/mol. The van der Waals surface area contributed by atoms with Crippen molar-refractivity contribution in [1.82, 2.24) is 16.0 Å². The van der Waals surface area contributed by atoms with E-state index < -0.39 is 48.4 Å². The maximum atomic E-state index is 13.1. The van der Waals surface area contributed by atoms with Crippen LogP contribution in [0.3, 0.4) is 0 Å². The summed E-state index contributed by atoms with van der Waals surface area (Å²) in [5.74, 6) is -2.97. The molecule has 0 aliphatic carbocycles. The summed E-state index contributed by atoms with van der Waals surface area (Å²) in [6, 6.07) is 3.16. The zero-order valence-corrected chi connectivity index (χ0v) is 19.9. The number of hydrogen-bond donors (Lipinski definition) is 8. The van der Waals surface area contributed by atoms with E-state index in [1.807, 2.05) is 0 Å². The molecule has 0 radical (unpaired) electrons. The highest BCUT2D eigenvalue weighted by Crippen LogP contribution is 2.12. The molecule has 0 saturated heterocycles. The maximum Gasteiger partial charge on any atom is 0.322 e. The number of nitrogens with two attached hydrogens (primary N) is 3. The molecule has 0 aliphatic rings. The third-order valence-electron chi connectivity index (χ3n) is 5.31. The molecule has 0 bridgehead atoms. The lowest BCUT2D eigenvalue weighted by molar-refractivity contribution is -0.138. The third kappa shape index (κ3) is 12.2. The summed E-state index contributed by atoms with van der Waals surface area (Å²) in [7, 11) is 0. The van der Waals surface area contributed by atoms with Crippen LogP contribution in [0, 0.1) is 0 Å². The van der Waals surface area contributed by atoms with E-state index in [9.17, 15) is 24.3 Å². The van der Waals surface area contributed by atoms with Gasteiger partial charge in [0.15, 0.2) is 0 Å². The van der Waals surface area contributed by atoms with Crippen molar-refractivity contribution in [3.8, 4) is 5.75 Å². The fraction of sp³-hybridized carbons (Fsp3) is 0.565. The lowest BCUT2D eigenvalue weighted by atomic mass is 10.0. The summed E-state index contributed by atoms with van der Waals surface area (Å²) in [6.07, 6.45) is 3.34. The van der Waals surface area contributed by atoms with Crippen molar-refractivity contribution in [1.29, 1.82) is 0 Å². The smallest absolute Gasteiger partial charge is 0.322 e. The maximum absolute atomic E-state index is 13.1. The van der Waals surface area contributed by atoms with Gasteiger partial charge in [-0.3, -0.25) is 19.2 Å². The minimum absolute atomic E-state index is 0.0372. The molecule has 0 aliphatic heterocycles. The number of phenolic OH excluding ortho intramolecular Hbond substituents is 1. The van der Waals surface area contributed by atoms with Gasteiger partial charge in [-0.25, -0.2) is 0 Å². The van der Waals surface area contributed by atoms with Crippen molar-refractivity contribution < 1.29 is 29.4 Å². The highest BCUT2D eigenvalue weighted by atomic mass is 16.4. The number of unbranched alkanes of at least 4 members (excludes halogenated alkanes) is 2. The van der Waals surface area contributed by atoms with Gasteiger partial charge in [0.05, 0.1) is 6.04 Å². The molecule has 12 nitrogen and oxygen atoms in total. The van der Waals surface area contributed by atoms with Crippen LogP contribution in [0.4, 0.5) is 0 Å². The zero-order valence-electron chi connectivity index (χ0n) is 19.9. The van der Waals surface area contributed by atoms with Crippen molar-refractivity contribution >= 4 is 23.7 Å². The number of carbonyl (C=O) groups is 4. The standard InChI is InChI=1S/C23H38N6O6/c24-11-3-1-5-17(26)21(33)28-18(6-2-4-12-25)23(35)29-19(22(34)27-14-20(31)32)13-15-7-9-16(30)10-8-15/h7-10,17-19,30H,1-6,11-14,24-26H2,(H,27,34)(H,28,33)(H,29,35)(H,31,32). The number of aromatic hydroxyl groups is 1. The van der Waals surface area contributed by atoms with Crippen LogP contribution in [0.5, 0.6) is 5.75 Å². The Kier molecular flexibility index (Phi) is 14.0. The van der Waals surface area contributed by atoms with E-state index >= 15 is 0 Å². The number of amides is 3. The van der Waals surface area contributed by atoms with Crippen molar-refractivity contribution in [3.63, 3.8) is 0 Å². The molecule has 1 aromatic rings. The molecule has 1 aromatic carbocycles. The molecule has 0 saturated carbocycles. The number of benzene rings is 1. The van der Waals surface area contributed by atoms with Crippen LogP contribution in [-0.4, -0.2) is 71.7 Å². The fourth-order valence-corrected chi connectivity index (χ4v) is 3.32. The van der Waals surface area contributed by atoms with Crippen molar-refractivity contribution in [2.75, 3.05) is 19.6 Å². The van der Waals surface area contributed by atoms with Gasteiger partial charge in [-0.2, -0.15) is 0 Å². The van der Waals surface area contributed by atoms with Crippen LogP contribution >= 0.6 is 0 Å². The number of phenols is 1. The second kappa shape index (κ2) is 16.4. The second-order valence-electron chi connectivity index (χ2n) is 8.28. The number of hydrogen-bond acceptors (Lipinski definition) is 8. The highest BCUT2D eigenvalue weighted by molar-refractivity contribution is 5.93. The summed E-state index contributed by atoms with van der Waals surface area (Å²) in [5, 5.41) is 25.9. The first-order chi connectivity index (χ1) is 16.7. The molecule has 12 heteroatoms. The number of carboxylic acids is 1. The Balaban J connectivity index is 2.96. The van der Waals surface area contributed by atoms with Gasteiger partial charge in [0.1, 0.15) is 24.4 Å². The fourth-order valence-electron chi connectivity index (χ4n) is 3.32. The Hall–Kier alpha value is -3.22. The van der Waals surface area contributed by atoms with Crippen LogP contribution in [0.15, 0.2) is 24.3 Å². The van der Waals surface area contributed by atoms with E-state index in [1.54, 1.807) is 12.1 Å². The van der Waals surface area contributed by atoms with Crippen LogP contribution in [-0.2, 0) is 25.6 Å². The largest absolute Gasteiger partial charge is 0.508 e. The van der Waals surface area contributed by atoms with Gasteiger partial charge in [0, 0.05) is 6.42 Å². The normalized spacial score (nSPS) is 13.3. The minimum atomic E-state index is -1.23. The molecule has 1 rings (SSSR count). The van der Waals surface area contributed by atoms with Crippen molar-refractivity contribution in [2.24, 2.45) is 17.2 Å². The SMILES string of the molecule is NCCCCC(N)C(=O)NC(CCCCN)C(=O)NC(Cc1ccc(O)cc1)C(=O)NCC(=O)O. The van der Waals surface area contributed by atoms with Crippen LogP contribution in [0.1, 0.15) is 44.1 Å². The monoisotopic (exact) mass is 494 g/mol. The molecular weight excluding hydrogens is 456 g/mol. The molecular formula is C23H38N6O6. The first-order valence-electron chi connectivity index (χ1n) is 11.7. The predicted octanol–water partition coefficient (Wildman–Crippen LogP) is -1.31. The van der Waals surface area contributed by atoms with Gasteiger partial charge >= 0.3 is 5.97 Å². The summed E-state index contributed by atoms with van der Waals surface area (Å²) in [6.45, 7) is 0.294. The van der Waals surface area contributed by atoms with Gasteiger partial charge in [-0.15, -0.1) is 0 Å². The Morgan fingerprint density at radius 1 is 0.800 bits per heavy atom. The van der Waals surface area contributed by atoms with Gasteiger partial charge in [0.2, 0.25) is 17.7 Å². The number of nitrogens with one attached hydrogen (secondary N) is 3. The number of carbonyl (C=O) groups excluding carboxylic acids is 3. The lowest BCUT2D eigenvalue weighted by Crippen LogP contribution is -2.56. The molecule has 3 atom stereocenters. The Bertz CT molecular complexity index is 819. The van der Waals surface area contributed by atoms with E-state index in [0.717, 1.165) is 6.42 Å². The zero-order chi connectivity index (χ0) is 26.2. The quantitative estimate of drug-likeness (QED) is 0.120. The van der Waals surface area contributed by atoms with Crippen LogP contribution in [0.2, 0.25) is 0 Å². The summed E-state index contributed by atoms with van der Waals surface area (Å²) in [4.78, 5) is 49.2. The van der Waals surface area contributed by atoms with E-state index in [1.165, 1.54) is 12.1 Å². The number of carboxylic acid groups (broad SMARTS) is 1. The minimum Gasteiger partial charge on any atom is -0.508 e. The first kappa shape index (κ1) is 29.8. The summed E-state index contributed by atoms with van der Waals surface area (Å²) >= 11 is 0. The van der Waals surface area contributed by atoms with E-state index in [0.29, 0.717) is 44.3 Å². The molecule has 0 aromatic heterocycles. The third-order valence-corrected chi connectivity index (χ3v) is 5.31. The Labute approximate surface area is 205 Å². The first-order valence-corrected chi connectivity index (χ1v) is 11.7. The van der Waals surface area contributed by atoms with E-state index in [2.05, 4.69) is 16.0 Å². The highest BCUT2D eigenvalue weighted by Gasteiger charge is 2.28. The molecule has 3 unspecified atom stereocenters. The van der Waals surface area contributed by atoms with Gasteiger partial charge in [-0.05, 0) is 62.9 Å². The van der Waals surface area contributed by atoms with Gasteiger partial charge < -0.3 is 43.4 Å². The topological polar surface area (TPSA) is 223 Å². The summed E-state index contributed by atoms with van der Waals surface area (Å²) in [5.41, 5.74) is 17.6. The Morgan fingerprint density at radius 2 is 1.37 bits per heavy atom. The second-order valence-corrected chi connectivity index (χ2v) is 8.28. The lowest BCUT2D eigenvalue weighted by Gasteiger charge is -2.24. The van der Waals surface area contributed by atoms with E-state index in [4.69, 9.17) is 22.3 Å². The molecule has 0 spiro atoms. The van der Waals surface area contributed by atoms with Crippen molar-refractivity contribution in [2.45, 2.75) is 63.1 Å². The molecule has 3 amide bonds. The van der Waals surface area contributed by atoms with Gasteiger partial charge in [-0.1, -0.05) is 18.6 Å². The Morgan fingerprint density at radius 3 is 1.94 bits per heavy atom. The van der Waals surface area contributed by atoms with Crippen molar-refractivity contribution in [3.05, 3.63) is 29.8 Å². The van der Waals surface area contributed by atoms with Crippen LogP contribution in [0.25, 0.3) is 0 Å².